The Hall–Kier alpha value is -7.78. The second-order valence-electron chi connectivity index (χ2n) is 14.1. The molecule has 0 saturated heterocycles. The van der Waals surface area contributed by atoms with Crippen LogP contribution in [0, 0.1) is 118 Å². The van der Waals surface area contributed by atoms with Crippen molar-refractivity contribution in [2.24, 2.45) is 7.05 Å². The number of aromatic amines is 3. The van der Waals surface area contributed by atoms with E-state index in [4.69, 9.17) is 0 Å². The number of H-pyrrole nitrogens is 3. The highest BCUT2D eigenvalue weighted by Gasteiger charge is 1.95. The maximum atomic E-state index is 4.60. The standard InChI is InChI=1S/3C4H6N2O.4C4H6N2S.4C3H5N3.4C2H6/c1-3-5-4(2)7-6-3;2*1-3-4(2)7-6-5-3;2*1-3-5-4(2)7-6-3;2*1-3-4(2)7-6-5-3;1-6-4-2-3-5-6;3*1-3-2-4-6-5-3;4*1-2/h7*1-2H3;2-3H,1H3;3*2H,1H3,(H,4,5,6);4*1-2H3. The molecule has 0 aromatic carbocycles. The van der Waals surface area contributed by atoms with Crippen LogP contribution in [0.5, 0.6) is 0 Å². The van der Waals surface area contributed by atoms with E-state index in [1.807, 2.05) is 159 Å². The molecule has 0 fully saturated rings. The summed E-state index contributed by atoms with van der Waals surface area (Å²) in [5.41, 5.74) is 6.59. The first kappa shape index (κ1) is 79.7. The maximum Gasteiger partial charge on any atom is 0.223 e. The van der Waals surface area contributed by atoms with E-state index in [-0.39, 0.29) is 0 Å². The van der Waals surface area contributed by atoms with Crippen molar-refractivity contribution in [3.63, 3.8) is 0 Å². The fraction of sp³-hybridized carbons (Fsp3) is 0.542. The van der Waals surface area contributed by atoms with E-state index in [9.17, 15) is 0 Å². The summed E-state index contributed by atoms with van der Waals surface area (Å²) in [4.78, 5) is 15.8. The number of aryl methyl sites for hydroxylation is 18. The molecule has 11 heterocycles. The maximum absolute atomic E-state index is 4.60. The van der Waals surface area contributed by atoms with E-state index in [1.165, 1.54) is 60.7 Å². The normalized spacial score (nSPS) is 8.62. The zero-order valence-electron chi connectivity index (χ0n) is 52.0. The van der Waals surface area contributed by atoms with Crippen LogP contribution < -0.4 is 0 Å². The Balaban J connectivity index is -0.000000398. The van der Waals surface area contributed by atoms with Crippen molar-refractivity contribution >= 4 is 46.1 Å². The van der Waals surface area contributed by atoms with Crippen LogP contribution in [0.25, 0.3) is 0 Å². The lowest BCUT2D eigenvalue weighted by molar-refractivity contribution is 0.373. The molecule has 0 aliphatic heterocycles. The van der Waals surface area contributed by atoms with Gasteiger partial charge >= 0.3 is 0 Å². The first-order valence-electron chi connectivity index (χ1n) is 25.3. The van der Waals surface area contributed by atoms with Crippen LogP contribution in [0.1, 0.15) is 150 Å². The summed E-state index contributed by atoms with van der Waals surface area (Å²) in [5.74, 6) is 4.65. The lowest BCUT2D eigenvalue weighted by Gasteiger charge is -1.75. The number of aromatic nitrogens is 26. The summed E-state index contributed by atoms with van der Waals surface area (Å²) in [5, 5.41) is 63.5. The molecule has 3 N–H and O–H groups in total. The molecule has 33 heteroatoms. The van der Waals surface area contributed by atoms with Crippen LogP contribution in [0.4, 0.5) is 0 Å². The summed E-state index contributed by atoms with van der Waals surface area (Å²) < 4.78 is 29.1. The molecule has 0 saturated carbocycles. The molecular formula is C48H86N26O3S4. The summed E-state index contributed by atoms with van der Waals surface area (Å²) in [7, 11) is 1.78. The second-order valence-corrected chi connectivity index (χ2v) is 17.9. The smallest absolute Gasteiger partial charge is 0.223 e. The largest absolute Gasteiger partial charge is 0.342 e. The van der Waals surface area contributed by atoms with E-state index in [0.717, 1.165) is 73.0 Å². The molecule has 0 radical (unpaired) electrons. The van der Waals surface area contributed by atoms with Gasteiger partial charge in [-0.15, -0.1) is 20.4 Å². The SMILES string of the molecule is CC.CC.CC.CC.Cc1cn[nH]n1.Cc1cn[nH]n1.Cc1cn[nH]n1.Cc1nnoc1C.Cc1nnoc1C.Cc1nnsc1C.Cc1nnsc1C.Cc1noc(C)n1.Cc1nsc(C)n1.Cc1nsc(C)n1.Cn1nccn1. The zero-order chi connectivity index (χ0) is 62.6. The van der Waals surface area contributed by atoms with Gasteiger partial charge in [0.15, 0.2) is 17.3 Å². The fourth-order valence-electron chi connectivity index (χ4n) is 3.38. The van der Waals surface area contributed by atoms with Gasteiger partial charge in [-0.1, -0.05) is 69.5 Å². The van der Waals surface area contributed by atoms with Crippen LogP contribution in [-0.4, -0.2) is 130 Å². The van der Waals surface area contributed by atoms with Crippen molar-refractivity contribution < 1.29 is 13.6 Å². The molecule has 0 aliphatic carbocycles. The van der Waals surface area contributed by atoms with Gasteiger partial charge in [0.25, 0.3) is 0 Å². The minimum Gasteiger partial charge on any atom is -0.342 e. The van der Waals surface area contributed by atoms with Crippen LogP contribution in [0.15, 0.2) is 44.6 Å². The zero-order valence-corrected chi connectivity index (χ0v) is 55.3. The van der Waals surface area contributed by atoms with E-state index in [0.29, 0.717) is 11.7 Å². The van der Waals surface area contributed by atoms with Crippen LogP contribution in [0.3, 0.4) is 0 Å². The topological polar surface area (TPSA) is 375 Å². The number of hydrogen-bond donors (Lipinski definition) is 3. The number of nitrogens with one attached hydrogen (secondary N) is 3. The summed E-state index contributed by atoms with van der Waals surface area (Å²) in [6.07, 6.45) is 8.28. The monoisotopic (exact) mass is 1200 g/mol. The van der Waals surface area contributed by atoms with E-state index < -0.39 is 0 Å². The van der Waals surface area contributed by atoms with Crippen LogP contribution in [-0.2, 0) is 7.05 Å². The molecule has 0 amide bonds. The average molecular weight is 1200 g/mol. The Morgan fingerprint density at radius 3 is 0.827 bits per heavy atom. The molecule has 0 unspecified atom stereocenters. The van der Waals surface area contributed by atoms with Crippen molar-refractivity contribution in [3.05, 3.63) is 125 Å². The Morgan fingerprint density at radius 2 is 0.753 bits per heavy atom. The predicted octanol–water partition coefficient (Wildman–Crippen LogP) is 10.9. The summed E-state index contributed by atoms with van der Waals surface area (Å²) >= 11 is 5.77. The first-order chi connectivity index (χ1) is 38.7. The molecule has 11 aromatic heterocycles. The number of hydrogen-bond acceptors (Lipinski definition) is 29. The van der Waals surface area contributed by atoms with Crippen molar-refractivity contribution in [2.45, 2.75) is 173 Å². The summed E-state index contributed by atoms with van der Waals surface area (Å²) in [6.45, 7) is 48.2. The number of nitrogens with zero attached hydrogens (tertiary/aromatic N) is 23. The highest BCUT2D eigenvalue weighted by molar-refractivity contribution is 7.06. The van der Waals surface area contributed by atoms with Gasteiger partial charge in [0.05, 0.1) is 59.5 Å². The second kappa shape index (κ2) is 52.9. The Kier molecular flexibility index (Phi) is 52.0. The van der Waals surface area contributed by atoms with Gasteiger partial charge in [0.2, 0.25) is 5.89 Å². The molecule has 0 atom stereocenters. The van der Waals surface area contributed by atoms with Gasteiger partial charge in [-0.05, 0) is 157 Å². The Morgan fingerprint density at radius 1 is 0.407 bits per heavy atom. The van der Waals surface area contributed by atoms with Crippen molar-refractivity contribution in [3.8, 4) is 0 Å². The van der Waals surface area contributed by atoms with Gasteiger partial charge in [-0.2, -0.15) is 75.0 Å². The van der Waals surface area contributed by atoms with Gasteiger partial charge in [-0.25, -0.2) is 9.97 Å². The minimum atomic E-state index is 0.623. The minimum absolute atomic E-state index is 0.623. The molecular weight excluding hydrogens is 1120 g/mol. The van der Waals surface area contributed by atoms with Crippen molar-refractivity contribution in [2.75, 3.05) is 0 Å². The third-order valence-corrected chi connectivity index (χ3v) is 10.4. The third kappa shape index (κ3) is 46.8. The number of rotatable bonds is 0. The van der Waals surface area contributed by atoms with E-state index >= 15 is 0 Å². The molecule has 11 rings (SSSR count). The fourth-order valence-corrected chi connectivity index (χ4v) is 5.25. The summed E-state index contributed by atoms with van der Waals surface area (Å²) in [6, 6.07) is 0. The molecule has 81 heavy (non-hydrogen) atoms. The Bertz CT molecular complexity index is 2450. The van der Waals surface area contributed by atoms with Crippen LogP contribution in [0.2, 0.25) is 0 Å². The highest BCUT2D eigenvalue weighted by Crippen LogP contribution is 2.05. The highest BCUT2D eigenvalue weighted by atomic mass is 32.1. The first-order valence-corrected chi connectivity index (χ1v) is 28.4. The molecule has 0 aliphatic rings. The van der Waals surface area contributed by atoms with E-state index in [2.05, 4.69) is 139 Å². The van der Waals surface area contributed by atoms with Gasteiger partial charge in [0.1, 0.15) is 33.1 Å². The average Bonchev–Trinajstić information content (AvgIpc) is 4.27. The van der Waals surface area contributed by atoms with Gasteiger partial charge < -0.3 is 13.6 Å². The molecule has 450 valence electrons. The van der Waals surface area contributed by atoms with Crippen molar-refractivity contribution in [1.82, 2.24) is 130 Å². The van der Waals surface area contributed by atoms with Crippen LogP contribution >= 0.6 is 46.1 Å². The Labute approximate surface area is 492 Å². The lowest BCUT2D eigenvalue weighted by Crippen LogP contribution is -1.89. The predicted molar refractivity (Wildman–Crippen MR) is 319 cm³/mol. The molecule has 11 aromatic rings. The molecule has 29 nitrogen and oxygen atoms in total. The lowest BCUT2D eigenvalue weighted by atomic mass is 10.4. The van der Waals surface area contributed by atoms with E-state index in [1.54, 1.807) is 51.9 Å². The molecule has 0 bridgehead atoms. The van der Waals surface area contributed by atoms with Gasteiger partial charge in [0, 0.05) is 34.3 Å². The van der Waals surface area contributed by atoms with Crippen molar-refractivity contribution in [1.29, 1.82) is 0 Å². The molecule has 0 spiro atoms. The quantitative estimate of drug-likeness (QED) is 0.127. The third-order valence-electron chi connectivity index (χ3n) is 7.54. The van der Waals surface area contributed by atoms with Gasteiger partial charge in [-0.3, -0.25) is 0 Å².